The first kappa shape index (κ1) is 20.4. The molecule has 1 aliphatic rings. The van der Waals surface area contributed by atoms with Crippen molar-refractivity contribution in [2.75, 3.05) is 13.1 Å². The molecule has 4 nitrogen and oxygen atoms in total. The largest absolute Gasteiger partial charge is 0.389 e. The highest BCUT2D eigenvalue weighted by atomic mass is 16.3. The summed E-state index contributed by atoms with van der Waals surface area (Å²) >= 11 is 0. The lowest BCUT2D eigenvalue weighted by Gasteiger charge is -2.48. The van der Waals surface area contributed by atoms with Gasteiger partial charge in [-0.15, -0.1) is 0 Å². The molecular formula is C28H27N3O. The van der Waals surface area contributed by atoms with Gasteiger partial charge < -0.3 is 5.11 Å². The second-order valence-corrected chi connectivity index (χ2v) is 8.29. The minimum Gasteiger partial charge on any atom is -0.389 e. The summed E-state index contributed by atoms with van der Waals surface area (Å²) in [6, 6.07) is 32.1. The van der Waals surface area contributed by atoms with Crippen LogP contribution in [0.4, 0.5) is 0 Å². The number of hydrogen-bond acceptors (Lipinski definition) is 3. The molecule has 1 aliphatic heterocycles. The van der Waals surface area contributed by atoms with Crippen LogP contribution in [0.25, 0.3) is 6.08 Å². The van der Waals surface area contributed by atoms with Gasteiger partial charge in [-0.1, -0.05) is 91.0 Å². The summed E-state index contributed by atoms with van der Waals surface area (Å²) in [7, 11) is 0. The van der Waals surface area contributed by atoms with Crippen molar-refractivity contribution in [3.8, 4) is 0 Å². The highest BCUT2D eigenvalue weighted by Crippen LogP contribution is 2.44. The number of hydrogen-bond donors (Lipinski definition) is 2. The fraction of sp³-hybridized carbons (Fsp3) is 0.179. The third-order valence-electron chi connectivity index (χ3n) is 6.39. The lowest BCUT2D eigenvalue weighted by Crippen LogP contribution is -2.52. The normalized spacial score (nSPS) is 18.7. The molecule has 0 saturated carbocycles. The molecular weight excluding hydrogens is 394 g/mol. The van der Waals surface area contributed by atoms with Crippen molar-refractivity contribution >= 4 is 6.08 Å². The monoisotopic (exact) mass is 421 g/mol. The zero-order valence-corrected chi connectivity index (χ0v) is 17.9. The van der Waals surface area contributed by atoms with E-state index in [0.717, 1.165) is 17.7 Å². The highest BCUT2D eigenvalue weighted by molar-refractivity contribution is 5.55. The predicted octanol–water partition coefficient (Wildman–Crippen LogP) is 4.85. The molecule has 0 amide bonds. The number of aromatic amines is 1. The van der Waals surface area contributed by atoms with Crippen molar-refractivity contribution < 1.29 is 5.11 Å². The molecule has 5 rings (SSSR count). The van der Waals surface area contributed by atoms with Crippen LogP contribution >= 0.6 is 0 Å². The van der Waals surface area contributed by atoms with Gasteiger partial charge in [0, 0.05) is 24.8 Å². The molecule has 2 N–H and O–H groups in total. The topological polar surface area (TPSA) is 52.1 Å². The maximum atomic E-state index is 10.8. The molecule has 1 fully saturated rings. The first-order valence-corrected chi connectivity index (χ1v) is 11.1. The van der Waals surface area contributed by atoms with Crippen LogP contribution in [0.15, 0.2) is 109 Å². The molecule has 160 valence electrons. The highest BCUT2D eigenvalue weighted by Gasteiger charge is 2.44. The first-order valence-electron chi connectivity index (χ1n) is 11.1. The Bertz CT molecular complexity index is 1060. The van der Waals surface area contributed by atoms with E-state index in [1.165, 1.54) is 16.7 Å². The summed E-state index contributed by atoms with van der Waals surface area (Å²) in [4.78, 5) is 2.51. The summed E-state index contributed by atoms with van der Waals surface area (Å²) in [6.45, 7) is 1.44. The number of H-pyrrole nitrogens is 1. The van der Waals surface area contributed by atoms with Crippen molar-refractivity contribution in [2.24, 2.45) is 0 Å². The van der Waals surface area contributed by atoms with E-state index in [4.69, 9.17) is 0 Å². The molecule has 0 spiro atoms. The number of aliphatic hydroxyl groups is 1. The van der Waals surface area contributed by atoms with Crippen LogP contribution in [0.5, 0.6) is 0 Å². The van der Waals surface area contributed by atoms with Crippen molar-refractivity contribution in [1.29, 1.82) is 0 Å². The van der Waals surface area contributed by atoms with Crippen molar-refractivity contribution in [1.82, 2.24) is 15.1 Å². The number of piperidine rings is 1. The molecule has 1 saturated heterocycles. The van der Waals surface area contributed by atoms with Gasteiger partial charge in [0.2, 0.25) is 0 Å². The van der Waals surface area contributed by atoms with Gasteiger partial charge in [-0.3, -0.25) is 10.00 Å². The van der Waals surface area contributed by atoms with E-state index in [0.29, 0.717) is 13.0 Å². The van der Waals surface area contributed by atoms with Gasteiger partial charge in [-0.2, -0.15) is 5.10 Å². The summed E-state index contributed by atoms with van der Waals surface area (Å²) < 4.78 is 0. The molecule has 0 radical (unpaired) electrons. The maximum Gasteiger partial charge on any atom is 0.0975 e. The molecule has 1 aromatic heterocycles. The Labute approximate surface area is 188 Å². The van der Waals surface area contributed by atoms with Gasteiger partial charge in [-0.25, -0.2) is 0 Å². The molecule has 1 unspecified atom stereocenters. The van der Waals surface area contributed by atoms with Crippen molar-refractivity contribution in [3.63, 3.8) is 0 Å². The van der Waals surface area contributed by atoms with E-state index in [9.17, 15) is 5.11 Å². The number of aliphatic hydroxyl groups excluding tert-OH is 1. The maximum absolute atomic E-state index is 10.8. The molecule has 1 atom stereocenters. The van der Waals surface area contributed by atoms with Crippen molar-refractivity contribution in [2.45, 2.75) is 18.1 Å². The third-order valence-corrected chi connectivity index (χ3v) is 6.39. The standard InChI is InChI=1S/C28H27N3O/c32-27-16-17-31(21-23(27)18-22-19-29-30-20-22)28(24-10-4-1-5-11-24,25-12-6-2-7-13-25)26-14-8-3-9-15-26/h1-15,18-20,27,32H,16-17,21H2,(H,29,30)/b23-18+. The fourth-order valence-corrected chi connectivity index (χ4v) is 4.94. The van der Waals surface area contributed by atoms with Gasteiger partial charge in [0.1, 0.15) is 0 Å². The number of aromatic nitrogens is 2. The minimum atomic E-state index is -0.473. The van der Waals surface area contributed by atoms with Crippen molar-refractivity contribution in [3.05, 3.63) is 131 Å². The molecule has 0 bridgehead atoms. The van der Waals surface area contributed by atoms with Crippen LogP contribution in [0.2, 0.25) is 0 Å². The summed E-state index contributed by atoms with van der Waals surface area (Å²) in [5, 5.41) is 17.8. The van der Waals surface area contributed by atoms with Crippen LogP contribution in [-0.2, 0) is 5.54 Å². The van der Waals surface area contributed by atoms with Gasteiger partial charge in [0.25, 0.3) is 0 Å². The second kappa shape index (κ2) is 8.95. The van der Waals surface area contributed by atoms with Crippen LogP contribution in [0, 0.1) is 0 Å². The molecule has 3 aromatic carbocycles. The number of benzene rings is 3. The van der Waals surface area contributed by atoms with Gasteiger partial charge in [0.05, 0.1) is 17.8 Å². The summed E-state index contributed by atoms with van der Waals surface area (Å²) in [6.07, 6.45) is 5.93. The summed E-state index contributed by atoms with van der Waals surface area (Å²) in [5.41, 5.74) is 5.17. The fourth-order valence-electron chi connectivity index (χ4n) is 4.94. The van der Waals surface area contributed by atoms with Gasteiger partial charge >= 0.3 is 0 Å². The van der Waals surface area contributed by atoms with E-state index in [1.54, 1.807) is 6.20 Å². The second-order valence-electron chi connectivity index (χ2n) is 8.29. The van der Waals surface area contributed by atoms with E-state index < -0.39 is 11.6 Å². The molecule has 2 heterocycles. The Kier molecular flexibility index (Phi) is 5.71. The number of rotatable bonds is 5. The number of nitrogens with zero attached hydrogens (tertiary/aromatic N) is 2. The lowest BCUT2D eigenvalue weighted by molar-refractivity contribution is 0.0872. The predicted molar refractivity (Wildman–Crippen MR) is 128 cm³/mol. The van der Waals surface area contributed by atoms with Crippen LogP contribution in [-0.4, -0.2) is 39.4 Å². The Morgan fingerprint density at radius 3 is 1.84 bits per heavy atom. The quantitative estimate of drug-likeness (QED) is 0.453. The van der Waals surface area contributed by atoms with E-state index in [1.807, 2.05) is 6.20 Å². The summed E-state index contributed by atoms with van der Waals surface area (Å²) in [5.74, 6) is 0. The first-order chi connectivity index (χ1) is 15.8. The van der Waals surface area contributed by atoms with Gasteiger partial charge in [0.15, 0.2) is 0 Å². The zero-order chi connectivity index (χ0) is 21.8. The third kappa shape index (κ3) is 3.68. The Morgan fingerprint density at radius 2 is 1.38 bits per heavy atom. The van der Waals surface area contributed by atoms with E-state index in [2.05, 4.69) is 112 Å². The van der Waals surface area contributed by atoms with E-state index >= 15 is 0 Å². The average molecular weight is 422 g/mol. The number of likely N-dealkylation sites (tertiary alicyclic amines) is 1. The van der Waals surface area contributed by atoms with Gasteiger partial charge in [-0.05, 0) is 34.8 Å². The smallest absolute Gasteiger partial charge is 0.0975 e. The molecule has 0 aliphatic carbocycles. The Balaban J connectivity index is 1.71. The van der Waals surface area contributed by atoms with Crippen LogP contribution in [0.3, 0.4) is 0 Å². The lowest BCUT2D eigenvalue weighted by atomic mass is 9.74. The molecule has 4 aromatic rings. The minimum absolute atomic E-state index is 0.457. The molecule has 4 heteroatoms. The number of nitrogens with one attached hydrogen (secondary N) is 1. The van der Waals surface area contributed by atoms with Crippen LogP contribution < -0.4 is 0 Å². The average Bonchev–Trinajstić information content (AvgIpc) is 3.37. The van der Waals surface area contributed by atoms with E-state index in [-0.39, 0.29) is 0 Å². The Morgan fingerprint density at radius 1 is 0.844 bits per heavy atom. The Hall–Kier alpha value is -3.47. The molecule has 32 heavy (non-hydrogen) atoms. The zero-order valence-electron chi connectivity index (χ0n) is 17.9. The van der Waals surface area contributed by atoms with Crippen LogP contribution in [0.1, 0.15) is 28.7 Å². The SMILES string of the molecule is OC1CCN(C(c2ccccc2)(c2ccccc2)c2ccccc2)C/C1=C\c1cn[nH]c1.